The molecule has 78 valence electrons. The molecule has 0 aliphatic carbocycles. The van der Waals surface area contributed by atoms with E-state index >= 15 is 0 Å². The number of carbonyl (C=O) groups excluding carboxylic acids is 2. The minimum absolute atomic E-state index is 0.216. The van der Waals surface area contributed by atoms with E-state index in [0.717, 1.165) is 11.6 Å². The highest BCUT2D eigenvalue weighted by Crippen LogP contribution is 2.07. The Labute approximate surface area is 87.6 Å². The van der Waals surface area contributed by atoms with Crippen molar-refractivity contribution in [2.24, 2.45) is 11.5 Å². The summed E-state index contributed by atoms with van der Waals surface area (Å²) in [5, 5.41) is 0. The number of nitrogens with two attached hydrogens (primary N) is 2. The predicted molar refractivity (Wildman–Crippen MR) is 56.6 cm³/mol. The molecular formula is C11H12N2O2. The first-order valence-corrected chi connectivity index (χ1v) is 4.43. The van der Waals surface area contributed by atoms with Gasteiger partial charge in [0.05, 0.1) is 0 Å². The number of benzene rings is 1. The third-order valence-corrected chi connectivity index (χ3v) is 1.87. The Hall–Kier alpha value is -2.10. The van der Waals surface area contributed by atoms with Crippen molar-refractivity contribution in [3.63, 3.8) is 0 Å². The van der Waals surface area contributed by atoms with Gasteiger partial charge in [-0.25, -0.2) is 0 Å². The normalized spacial score (nSPS) is 11.1. The Kier molecular flexibility index (Phi) is 3.62. The number of hydrogen-bond acceptors (Lipinski definition) is 2. The van der Waals surface area contributed by atoms with Crippen molar-refractivity contribution in [2.75, 3.05) is 0 Å². The van der Waals surface area contributed by atoms with Crippen molar-refractivity contribution in [1.29, 1.82) is 0 Å². The molecule has 4 N–H and O–H groups in total. The standard InChI is InChI=1S/C11H12N2O2/c12-10(14)7-9(11(13)15)6-8-4-2-1-3-5-8/h1-5,7H,6H2,(H2,12,14)(H2,13,15)/b9-7-. The number of rotatable bonds is 4. The first kappa shape index (κ1) is 11.0. The molecule has 1 aromatic rings. The van der Waals surface area contributed by atoms with E-state index in [-0.39, 0.29) is 5.57 Å². The molecular weight excluding hydrogens is 192 g/mol. The van der Waals surface area contributed by atoms with Crippen LogP contribution in [0.1, 0.15) is 5.56 Å². The van der Waals surface area contributed by atoms with Gasteiger partial charge in [-0.15, -0.1) is 0 Å². The molecule has 2 amide bonds. The summed E-state index contributed by atoms with van der Waals surface area (Å²) in [6.45, 7) is 0. The fourth-order valence-corrected chi connectivity index (χ4v) is 1.20. The highest BCUT2D eigenvalue weighted by molar-refractivity contribution is 5.99. The van der Waals surface area contributed by atoms with Crippen molar-refractivity contribution < 1.29 is 9.59 Å². The summed E-state index contributed by atoms with van der Waals surface area (Å²) in [5.41, 5.74) is 11.2. The first-order chi connectivity index (χ1) is 7.09. The molecule has 1 aromatic carbocycles. The van der Waals surface area contributed by atoms with Gasteiger partial charge in [-0.2, -0.15) is 0 Å². The number of carbonyl (C=O) groups is 2. The SMILES string of the molecule is NC(=O)/C=C(/Cc1ccccc1)C(N)=O. The minimum Gasteiger partial charge on any atom is -0.366 e. The van der Waals surface area contributed by atoms with Crippen LogP contribution in [-0.2, 0) is 16.0 Å². The topological polar surface area (TPSA) is 86.2 Å². The lowest BCUT2D eigenvalue weighted by molar-refractivity contribution is -0.116. The summed E-state index contributed by atoms with van der Waals surface area (Å²) in [4.78, 5) is 21.6. The smallest absolute Gasteiger partial charge is 0.245 e. The highest BCUT2D eigenvalue weighted by atomic mass is 16.1. The molecule has 0 bridgehead atoms. The molecule has 0 heterocycles. The van der Waals surface area contributed by atoms with Crippen LogP contribution >= 0.6 is 0 Å². The second kappa shape index (κ2) is 4.95. The molecule has 0 aliphatic heterocycles. The van der Waals surface area contributed by atoms with Crippen LogP contribution in [0.15, 0.2) is 42.0 Å². The third-order valence-electron chi connectivity index (χ3n) is 1.87. The number of hydrogen-bond donors (Lipinski definition) is 2. The Morgan fingerprint density at radius 3 is 2.20 bits per heavy atom. The average molecular weight is 204 g/mol. The summed E-state index contributed by atoms with van der Waals surface area (Å²) in [5.74, 6) is -1.29. The molecule has 0 aromatic heterocycles. The Bertz CT molecular complexity index is 396. The highest BCUT2D eigenvalue weighted by Gasteiger charge is 2.07. The van der Waals surface area contributed by atoms with E-state index in [4.69, 9.17) is 11.5 Å². The molecule has 0 aliphatic rings. The predicted octanol–water partition coefficient (Wildman–Crippen LogP) is 0.126. The van der Waals surface area contributed by atoms with Crippen LogP contribution in [0.25, 0.3) is 0 Å². The molecule has 1 rings (SSSR count). The van der Waals surface area contributed by atoms with Crippen LogP contribution in [0.3, 0.4) is 0 Å². The van der Waals surface area contributed by atoms with Gasteiger partial charge in [0.1, 0.15) is 0 Å². The fraction of sp³-hybridized carbons (Fsp3) is 0.0909. The molecule has 0 fully saturated rings. The maximum absolute atomic E-state index is 11.0. The maximum Gasteiger partial charge on any atom is 0.245 e. The fourth-order valence-electron chi connectivity index (χ4n) is 1.20. The van der Waals surface area contributed by atoms with E-state index in [0.29, 0.717) is 6.42 Å². The number of primary amides is 2. The summed E-state index contributed by atoms with van der Waals surface area (Å²) < 4.78 is 0. The zero-order valence-electron chi connectivity index (χ0n) is 8.14. The van der Waals surface area contributed by atoms with Crippen LogP contribution < -0.4 is 11.5 Å². The van der Waals surface area contributed by atoms with Gasteiger partial charge in [0, 0.05) is 18.1 Å². The molecule has 0 saturated carbocycles. The molecule has 0 unspecified atom stereocenters. The Morgan fingerprint density at radius 2 is 1.73 bits per heavy atom. The van der Waals surface area contributed by atoms with E-state index in [1.54, 1.807) is 0 Å². The lowest BCUT2D eigenvalue weighted by Gasteiger charge is -2.02. The molecule has 0 saturated heterocycles. The van der Waals surface area contributed by atoms with Crippen molar-refractivity contribution in [2.45, 2.75) is 6.42 Å². The van der Waals surface area contributed by atoms with E-state index in [1.165, 1.54) is 0 Å². The first-order valence-electron chi connectivity index (χ1n) is 4.43. The van der Waals surface area contributed by atoms with Gasteiger partial charge in [-0.05, 0) is 5.56 Å². The van der Waals surface area contributed by atoms with Gasteiger partial charge in [-0.3, -0.25) is 9.59 Å². The van der Waals surface area contributed by atoms with Gasteiger partial charge >= 0.3 is 0 Å². The maximum atomic E-state index is 11.0. The molecule has 0 atom stereocenters. The average Bonchev–Trinajstić information content (AvgIpc) is 2.17. The van der Waals surface area contributed by atoms with E-state index in [1.807, 2.05) is 30.3 Å². The van der Waals surface area contributed by atoms with Crippen molar-refractivity contribution in [3.05, 3.63) is 47.5 Å². The minimum atomic E-state index is -0.667. The zero-order valence-corrected chi connectivity index (χ0v) is 8.14. The molecule has 4 heteroatoms. The van der Waals surface area contributed by atoms with E-state index < -0.39 is 11.8 Å². The lowest BCUT2D eigenvalue weighted by Crippen LogP contribution is -2.19. The van der Waals surface area contributed by atoms with Crippen molar-refractivity contribution in [3.8, 4) is 0 Å². The summed E-state index contributed by atoms with van der Waals surface area (Å²) >= 11 is 0. The Morgan fingerprint density at radius 1 is 1.13 bits per heavy atom. The molecule has 15 heavy (non-hydrogen) atoms. The monoisotopic (exact) mass is 204 g/mol. The van der Waals surface area contributed by atoms with Crippen LogP contribution in [-0.4, -0.2) is 11.8 Å². The van der Waals surface area contributed by atoms with Gasteiger partial charge in [0.15, 0.2) is 0 Å². The summed E-state index contributed by atoms with van der Waals surface area (Å²) in [6.07, 6.45) is 1.38. The number of amides is 2. The van der Waals surface area contributed by atoms with Gasteiger partial charge < -0.3 is 11.5 Å². The molecule has 0 radical (unpaired) electrons. The molecule has 0 spiro atoms. The van der Waals surface area contributed by atoms with Crippen LogP contribution in [0.4, 0.5) is 0 Å². The second-order valence-corrected chi connectivity index (χ2v) is 3.10. The quantitative estimate of drug-likeness (QED) is 0.683. The van der Waals surface area contributed by atoms with Crippen LogP contribution in [0, 0.1) is 0 Å². The van der Waals surface area contributed by atoms with Crippen molar-refractivity contribution >= 4 is 11.8 Å². The lowest BCUT2D eigenvalue weighted by atomic mass is 10.0. The molecule has 4 nitrogen and oxygen atoms in total. The summed E-state index contributed by atoms with van der Waals surface area (Å²) in [7, 11) is 0. The van der Waals surface area contributed by atoms with Crippen molar-refractivity contribution in [1.82, 2.24) is 0 Å². The summed E-state index contributed by atoms with van der Waals surface area (Å²) in [6, 6.07) is 9.25. The van der Waals surface area contributed by atoms with Gasteiger partial charge in [-0.1, -0.05) is 30.3 Å². The van der Waals surface area contributed by atoms with Crippen LogP contribution in [0.5, 0.6) is 0 Å². The van der Waals surface area contributed by atoms with Crippen LogP contribution in [0.2, 0.25) is 0 Å². The van der Waals surface area contributed by atoms with E-state index in [9.17, 15) is 9.59 Å². The third kappa shape index (κ3) is 3.64. The Balaban J connectivity index is 2.86. The second-order valence-electron chi connectivity index (χ2n) is 3.10. The van der Waals surface area contributed by atoms with E-state index in [2.05, 4.69) is 0 Å². The van der Waals surface area contributed by atoms with Gasteiger partial charge in [0.2, 0.25) is 11.8 Å². The largest absolute Gasteiger partial charge is 0.366 e. The van der Waals surface area contributed by atoms with Gasteiger partial charge in [0.25, 0.3) is 0 Å². The zero-order chi connectivity index (χ0) is 11.3.